The van der Waals surface area contributed by atoms with Crippen LogP contribution < -0.4 is 11.1 Å². The average molecular weight is 253 g/mol. The number of carbonyl (C=O) groups is 2. The summed E-state index contributed by atoms with van der Waals surface area (Å²) in [6.07, 6.45) is -4.25. The lowest BCUT2D eigenvalue weighted by Crippen LogP contribution is -2.48. The summed E-state index contributed by atoms with van der Waals surface area (Å²) in [5.74, 6) is -1.26. The second-order valence-corrected chi connectivity index (χ2v) is 4.01. The fourth-order valence-electron chi connectivity index (χ4n) is 1.55. The minimum atomic E-state index is -4.42. The van der Waals surface area contributed by atoms with Gasteiger partial charge in [0.05, 0.1) is 6.04 Å². The second kappa shape index (κ2) is 4.91. The van der Waals surface area contributed by atoms with Gasteiger partial charge in [0.2, 0.25) is 11.8 Å². The fraction of sp³-hybridized carbons (Fsp3) is 0.778. The highest BCUT2D eigenvalue weighted by atomic mass is 19.4. The molecule has 1 heterocycles. The first kappa shape index (κ1) is 13.8. The summed E-state index contributed by atoms with van der Waals surface area (Å²) < 4.78 is 36.3. The molecule has 1 unspecified atom stereocenters. The van der Waals surface area contributed by atoms with E-state index in [2.05, 4.69) is 5.32 Å². The Hall–Kier alpha value is -1.31. The maximum atomic E-state index is 12.1. The number of rotatable bonds is 3. The molecule has 1 aliphatic heterocycles. The topological polar surface area (TPSA) is 75.4 Å². The number of alkyl halides is 3. The van der Waals surface area contributed by atoms with E-state index in [9.17, 15) is 22.8 Å². The molecule has 3 N–H and O–H groups in total. The van der Waals surface area contributed by atoms with E-state index in [0.29, 0.717) is 4.90 Å². The van der Waals surface area contributed by atoms with Gasteiger partial charge < -0.3 is 16.0 Å². The number of nitrogens with two attached hydrogens (primary N) is 1. The molecule has 1 rings (SSSR count). The van der Waals surface area contributed by atoms with E-state index in [1.807, 2.05) is 0 Å². The van der Waals surface area contributed by atoms with Crippen LogP contribution in [0.1, 0.15) is 13.3 Å². The molecule has 1 aliphatic rings. The molecule has 0 aromatic rings. The Morgan fingerprint density at radius 1 is 1.65 bits per heavy atom. The predicted molar refractivity (Wildman–Crippen MR) is 52.8 cm³/mol. The lowest BCUT2D eigenvalue weighted by molar-refractivity contribution is -0.158. The molecule has 8 heteroatoms. The van der Waals surface area contributed by atoms with Crippen LogP contribution in [0.3, 0.4) is 0 Å². The molecule has 0 aliphatic carbocycles. The Balaban J connectivity index is 2.53. The van der Waals surface area contributed by atoms with Gasteiger partial charge in [-0.2, -0.15) is 13.2 Å². The molecule has 0 saturated carbocycles. The molecular formula is C9H14F3N3O2. The van der Waals surface area contributed by atoms with Crippen LogP contribution >= 0.6 is 0 Å². The van der Waals surface area contributed by atoms with Crippen LogP contribution in [0, 0.1) is 0 Å². The van der Waals surface area contributed by atoms with Gasteiger partial charge in [-0.3, -0.25) is 9.59 Å². The summed E-state index contributed by atoms with van der Waals surface area (Å²) >= 11 is 0. The zero-order valence-electron chi connectivity index (χ0n) is 9.25. The first-order valence-electron chi connectivity index (χ1n) is 5.12. The van der Waals surface area contributed by atoms with Crippen LogP contribution in [-0.2, 0) is 9.59 Å². The molecule has 0 aromatic carbocycles. The molecule has 17 heavy (non-hydrogen) atoms. The SMILES string of the molecule is C[C@@H](N)C(=O)NC1CCN(CC(F)(F)F)C1=O. The molecule has 2 atom stereocenters. The smallest absolute Gasteiger partial charge is 0.343 e. The van der Waals surface area contributed by atoms with Crippen LogP contribution in [0.15, 0.2) is 0 Å². The third-order valence-corrected chi connectivity index (χ3v) is 2.40. The molecule has 0 spiro atoms. The largest absolute Gasteiger partial charge is 0.406 e. The van der Waals surface area contributed by atoms with Gasteiger partial charge in [-0.15, -0.1) is 0 Å². The van der Waals surface area contributed by atoms with E-state index < -0.39 is 36.6 Å². The highest BCUT2D eigenvalue weighted by molar-refractivity contribution is 5.90. The molecular weight excluding hydrogens is 239 g/mol. The second-order valence-electron chi connectivity index (χ2n) is 4.01. The van der Waals surface area contributed by atoms with E-state index in [1.165, 1.54) is 6.92 Å². The van der Waals surface area contributed by atoms with Crippen molar-refractivity contribution in [2.24, 2.45) is 5.73 Å². The summed E-state index contributed by atoms with van der Waals surface area (Å²) in [5.41, 5.74) is 5.28. The molecule has 0 radical (unpaired) electrons. The number of nitrogens with one attached hydrogen (secondary N) is 1. The van der Waals surface area contributed by atoms with Gasteiger partial charge in [0.25, 0.3) is 0 Å². The van der Waals surface area contributed by atoms with Crippen LogP contribution in [0.5, 0.6) is 0 Å². The Bertz CT molecular complexity index is 317. The standard InChI is InChI=1S/C9H14F3N3O2/c1-5(13)7(16)14-6-2-3-15(8(6)17)4-9(10,11)12/h5-6H,2-4,13H2,1H3,(H,14,16)/t5-,6?/m1/s1. The van der Waals surface area contributed by atoms with Crippen molar-refractivity contribution in [2.75, 3.05) is 13.1 Å². The van der Waals surface area contributed by atoms with Gasteiger partial charge >= 0.3 is 6.18 Å². The molecule has 0 aromatic heterocycles. The zero-order chi connectivity index (χ0) is 13.2. The molecule has 98 valence electrons. The molecule has 5 nitrogen and oxygen atoms in total. The van der Waals surface area contributed by atoms with Crippen LogP contribution in [0.2, 0.25) is 0 Å². The van der Waals surface area contributed by atoms with Crippen LogP contribution in [0.4, 0.5) is 13.2 Å². The van der Waals surface area contributed by atoms with Gasteiger partial charge in [-0.25, -0.2) is 0 Å². The number of carbonyl (C=O) groups excluding carboxylic acids is 2. The number of likely N-dealkylation sites (tertiary alicyclic amines) is 1. The number of hydrogen-bond acceptors (Lipinski definition) is 3. The van der Waals surface area contributed by atoms with Gasteiger partial charge in [0.1, 0.15) is 12.6 Å². The molecule has 2 amide bonds. The summed E-state index contributed by atoms with van der Waals surface area (Å²) in [4.78, 5) is 23.4. The lowest BCUT2D eigenvalue weighted by Gasteiger charge is -2.19. The van der Waals surface area contributed by atoms with Gasteiger partial charge in [0, 0.05) is 6.54 Å². The van der Waals surface area contributed by atoms with Crippen LogP contribution in [0.25, 0.3) is 0 Å². The monoisotopic (exact) mass is 253 g/mol. The summed E-state index contributed by atoms with van der Waals surface area (Å²) in [5, 5.41) is 2.32. The lowest BCUT2D eigenvalue weighted by atomic mass is 10.2. The van der Waals surface area contributed by atoms with Crippen LogP contribution in [-0.4, -0.2) is 48.1 Å². The quantitative estimate of drug-likeness (QED) is 0.719. The normalized spacial score (nSPS) is 22.8. The van der Waals surface area contributed by atoms with Crippen molar-refractivity contribution in [1.82, 2.24) is 10.2 Å². The third-order valence-electron chi connectivity index (χ3n) is 2.40. The maximum absolute atomic E-state index is 12.1. The van der Waals surface area contributed by atoms with Crippen molar-refractivity contribution in [2.45, 2.75) is 31.6 Å². The van der Waals surface area contributed by atoms with Crippen molar-refractivity contribution >= 4 is 11.8 Å². The Morgan fingerprint density at radius 2 is 2.24 bits per heavy atom. The van der Waals surface area contributed by atoms with Crippen molar-refractivity contribution < 1.29 is 22.8 Å². The van der Waals surface area contributed by atoms with Crippen molar-refractivity contribution in [3.63, 3.8) is 0 Å². The average Bonchev–Trinajstić information content (AvgIpc) is 2.47. The first-order chi connectivity index (χ1) is 7.70. The Kier molecular flexibility index (Phi) is 3.97. The van der Waals surface area contributed by atoms with E-state index in [-0.39, 0.29) is 13.0 Å². The first-order valence-corrected chi connectivity index (χ1v) is 5.12. The van der Waals surface area contributed by atoms with E-state index in [4.69, 9.17) is 5.73 Å². The fourth-order valence-corrected chi connectivity index (χ4v) is 1.55. The van der Waals surface area contributed by atoms with Gasteiger partial charge in [-0.1, -0.05) is 0 Å². The molecule has 0 bridgehead atoms. The predicted octanol–water partition coefficient (Wildman–Crippen LogP) is -0.387. The third kappa shape index (κ3) is 3.88. The Labute approximate surface area is 96.1 Å². The highest BCUT2D eigenvalue weighted by Gasteiger charge is 2.39. The van der Waals surface area contributed by atoms with Crippen molar-refractivity contribution in [3.8, 4) is 0 Å². The Morgan fingerprint density at radius 3 is 2.71 bits per heavy atom. The minimum Gasteiger partial charge on any atom is -0.343 e. The number of halogens is 3. The van der Waals surface area contributed by atoms with Gasteiger partial charge in [-0.05, 0) is 13.3 Å². The molecule has 1 fully saturated rings. The number of nitrogens with zero attached hydrogens (tertiary/aromatic N) is 1. The summed E-state index contributed by atoms with van der Waals surface area (Å²) in [6, 6.07) is -1.68. The number of amides is 2. The highest BCUT2D eigenvalue weighted by Crippen LogP contribution is 2.20. The maximum Gasteiger partial charge on any atom is 0.406 e. The van der Waals surface area contributed by atoms with Crippen molar-refractivity contribution in [1.29, 1.82) is 0 Å². The minimum absolute atomic E-state index is 0.0117. The number of hydrogen-bond donors (Lipinski definition) is 2. The zero-order valence-corrected chi connectivity index (χ0v) is 9.25. The van der Waals surface area contributed by atoms with Crippen molar-refractivity contribution in [3.05, 3.63) is 0 Å². The van der Waals surface area contributed by atoms with Gasteiger partial charge in [0.15, 0.2) is 0 Å². The van der Waals surface area contributed by atoms with E-state index in [0.717, 1.165) is 0 Å². The summed E-state index contributed by atoms with van der Waals surface area (Å²) in [6.45, 7) is 0.140. The van der Waals surface area contributed by atoms with E-state index in [1.54, 1.807) is 0 Å². The summed E-state index contributed by atoms with van der Waals surface area (Å²) in [7, 11) is 0. The molecule has 1 saturated heterocycles. The van der Waals surface area contributed by atoms with E-state index >= 15 is 0 Å².